The zero-order valence-corrected chi connectivity index (χ0v) is 11.9. The molecule has 110 valence electrons. The molecular weight excluding hydrogens is 244 g/mol. The molecule has 0 aliphatic heterocycles. The van der Waals surface area contributed by atoms with Gasteiger partial charge in [-0.05, 0) is 38.1 Å². The predicted octanol–water partition coefficient (Wildman–Crippen LogP) is 0.411. The van der Waals surface area contributed by atoms with Crippen LogP contribution in [0, 0.1) is 5.92 Å². The number of nitrogens with two attached hydrogens (primary N) is 2. The van der Waals surface area contributed by atoms with E-state index in [4.69, 9.17) is 11.5 Å². The van der Waals surface area contributed by atoms with Crippen molar-refractivity contribution in [2.45, 2.75) is 45.1 Å². The van der Waals surface area contributed by atoms with Gasteiger partial charge in [-0.25, -0.2) is 4.79 Å². The minimum absolute atomic E-state index is 0.115. The smallest absolute Gasteiger partial charge is 0.318 e. The lowest BCUT2D eigenvalue weighted by Crippen LogP contribution is -2.58. The number of imide groups is 1. The van der Waals surface area contributed by atoms with Gasteiger partial charge in [-0.15, -0.1) is 0 Å². The van der Waals surface area contributed by atoms with Crippen LogP contribution >= 0.6 is 0 Å². The molecule has 1 saturated carbocycles. The van der Waals surface area contributed by atoms with Gasteiger partial charge in [-0.2, -0.15) is 0 Å². The Morgan fingerprint density at radius 2 is 1.95 bits per heavy atom. The largest absolute Gasteiger partial charge is 0.351 e. The zero-order chi connectivity index (χ0) is 14.5. The van der Waals surface area contributed by atoms with Crippen LogP contribution < -0.4 is 16.8 Å². The van der Waals surface area contributed by atoms with Crippen molar-refractivity contribution in [1.82, 2.24) is 10.2 Å². The summed E-state index contributed by atoms with van der Waals surface area (Å²) < 4.78 is 0. The van der Waals surface area contributed by atoms with Crippen molar-refractivity contribution >= 4 is 11.9 Å². The van der Waals surface area contributed by atoms with Gasteiger partial charge in [0.2, 0.25) is 5.91 Å². The first kappa shape index (κ1) is 15.9. The van der Waals surface area contributed by atoms with Crippen LogP contribution in [-0.4, -0.2) is 42.0 Å². The second-order valence-electron chi connectivity index (χ2n) is 5.54. The van der Waals surface area contributed by atoms with Crippen molar-refractivity contribution in [3.63, 3.8) is 0 Å². The van der Waals surface area contributed by atoms with Crippen LogP contribution in [0.4, 0.5) is 4.79 Å². The van der Waals surface area contributed by atoms with Crippen molar-refractivity contribution in [2.75, 3.05) is 19.6 Å². The second-order valence-corrected chi connectivity index (χ2v) is 5.54. The Balaban J connectivity index is 2.70. The second kappa shape index (κ2) is 6.86. The fraction of sp³-hybridized carbons (Fsp3) is 0.846. The van der Waals surface area contributed by atoms with Gasteiger partial charge in [0.05, 0.1) is 6.54 Å². The molecule has 5 N–H and O–H groups in total. The molecule has 6 nitrogen and oxygen atoms in total. The van der Waals surface area contributed by atoms with E-state index in [2.05, 4.69) is 17.1 Å². The summed E-state index contributed by atoms with van der Waals surface area (Å²) in [4.78, 5) is 24.5. The van der Waals surface area contributed by atoms with E-state index in [0.717, 1.165) is 38.1 Å². The van der Waals surface area contributed by atoms with E-state index in [-0.39, 0.29) is 18.0 Å². The number of rotatable bonds is 5. The predicted molar refractivity (Wildman–Crippen MR) is 74.4 cm³/mol. The number of amides is 3. The van der Waals surface area contributed by atoms with Gasteiger partial charge in [0.15, 0.2) is 0 Å². The lowest BCUT2D eigenvalue weighted by Gasteiger charge is -2.46. The van der Waals surface area contributed by atoms with Crippen molar-refractivity contribution in [2.24, 2.45) is 17.4 Å². The van der Waals surface area contributed by atoms with Crippen LogP contribution in [0.2, 0.25) is 0 Å². The summed E-state index contributed by atoms with van der Waals surface area (Å²) in [6.45, 7) is 5.70. The van der Waals surface area contributed by atoms with Crippen molar-refractivity contribution in [3.8, 4) is 0 Å². The number of nitrogens with one attached hydrogen (secondary N) is 1. The van der Waals surface area contributed by atoms with Crippen LogP contribution in [-0.2, 0) is 4.79 Å². The molecule has 0 bridgehead atoms. The third-order valence-corrected chi connectivity index (χ3v) is 4.23. The van der Waals surface area contributed by atoms with Crippen LogP contribution in [0.1, 0.15) is 39.5 Å². The Morgan fingerprint density at radius 3 is 2.37 bits per heavy atom. The van der Waals surface area contributed by atoms with Gasteiger partial charge < -0.3 is 11.5 Å². The topological polar surface area (TPSA) is 101 Å². The molecule has 0 spiro atoms. The number of hydrogen-bond acceptors (Lipinski definition) is 4. The zero-order valence-electron chi connectivity index (χ0n) is 11.9. The molecular formula is C13H26N4O2. The van der Waals surface area contributed by atoms with E-state index in [1.165, 1.54) is 0 Å². The van der Waals surface area contributed by atoms with Crippen molar-refractivity contribution in [3.05, 3.63) is 0 Å². The Morgan fingerprint density at radius 1 is 1.37 bits per heavy atom. The molecule has 0 heterocycles. The lowest BCUT2D eigenvalue weighted by atomic mass is 9.76. The normalized spacial score (nSPS) is 27.3. The monoisotopic (exact) mass is 270 g/mol. The average Bonchev–Trinajstić information content (AvgIpc) is 2.37. The Labute approximate surface area is 114 Å². The molecule has 0 aromatic rings. The fourth-order valence-corrected chi connectivity index (χ4v) is 2.91. The summed E-state index contributed by atoms with van der Waals surface area (Å²) >= 11 is 0. The summed E-state index contributed by atoms with van der Waals surface area (Å²) in [5.41, 5.74) is 10.8. The first-order valence-corrected chi connectivity index (χ1v) is 6.98. The minimum Gasteiger partial charge on any atom is -0.351 e. The Hall–Kier alpha value is -1.14. The number of carbonyl (C=O) groups is 2. The van der Waals surface area contributed by atoms with E-state index in [1.54, 1.807) is 0 Å². The van der Waals surface area contributed by atoms with Crippen molar-refractivity contribution < 1.29 is 9.59 Å². The molecule has 0 aromatic heterocycles. The summed E-state index contributed by atoms with van der Waals surface area (Å²) in [7, 11) is 0. The number of carbonyl (C=O) groups excluding carboxylic acids is 2. The standard InChI is InChI=1S/C13H26N4O2/c1-3-17(8-11(18)16-12(15)19)13(9-14)6-4-10(2)5-7-13/h10H,3-9,14H2,1-2H3,(H3,15,16,18,19). The molecule has 1 rings (SSSR count). The molecule has 0 radical (unpaired) electrons. The van der Waals surface area contributed by atoms with E-state index in [0.29, 0.717) is 6.54 Å². The third-order valence-electron chi connectivity index (χ3n) is 4.23. The Kier molecular flexibility index (Phi) is 5.75. The molecule has 3 amide bonds. The quantitative estimate of drug-likeness (QED) is 0.673. The van der Waals surface area contributed by atoms with Crippen molar-refractivity contribution in [1.29, 1.82) is 0 Å². The summed E-state index contributed by atoms with van der Waals surface area (Å²) in [6.07, 6.45) is 4.26. The number of hydrogen-bond donors (Lipinski definition) is 3. The van der Waals surface area contributed by atoms with E-state index >= 15 is 0 Å². The highest BCUT2D eigenvalue weighted by Crippen LogP contribution is 2.35. The number of urea groups is 1. The molecule has 1 aliphatic rings. The number of nitrogens with zero attached hydrogens (tertiary/aromatic N) is 1. The number of primary amides is 1. The SMILES string of the molecule is CCN(CC(=O)NC(N)=O)C1(CN)CCC(C)CC1. The minimum atomic E-state index is -0.805. The van der Waals surface area contributed by atoms with Gasteiger partial charge in [0.25, 0.3) is 0 Å². The van der Waals surface area contributed by atoms with Gasteiger partial charge in [-0.1, -0.05) is 13.8 Å². The summed E-state index contributed by atoms with van der Waals surface area (Å²) in [5, 5.41) is 2.11. The maximum atomic E-state index is 11.7. The molecule has 19 heavy (non-hydrogen) atoms. The van der Waals surface area contributed by atoms with Gasteiger partial charge in [-0.3, -0.25) is 15.0 Å². The first-order chi connectivity index (χ1) is 8.93. The Bertz CT molecular complexity index is 325. The highest BCUT2D eigenvalue weighted by Gasteiger charge is 2.38. The molecule has 6 heteroatoms. The highest BCUT2D eigenvalue weighted by atomic mass is 16.2. The van der Waals surface area contributed by atoms with Crippen LogP contribution in [0.25, 0.3) is 0 Å². The molecule has 1 fully saturated rings. The van der Waals surface area contributed by atoms with Gasteiger partial charge >= 0.3 is 6.03 Å². The average molecular weight is 270 g/mol. The van der Waals surface area contributed by atoms with Gasteiger partial charge in [0.1, 0.15) is 0 Å². The first-order valence-electron chi connectivity index (χ1n) is 6.98. The third kappa shape index (κ3) is 4.18. The molecule has 0 atom stereocenters. The maximum Gasteiger partial charge on any atom is 0.318 e. The van der Waals surface area contributed by atoms with Crippen LogP contribution in [0.3, 0.4) is 0 Å². The molecule has 0 saturated heterocycles. The lowest BCUT2D eigenvalue weighted by molar-refractivity contribution is -0.123. The van der Waals surface area contributed by atoms with Crippen LogP contribution in [0.15, 0.2) is 0 Å². The van der Waals surface area contributed by atoms with Gasteiger partial charge in [0, 0.05) is 12.1 Å². The van der Waals surface area contributed by atoms with E-state index in [1.807, 2.05) is 6.92 Å². The number of likely N-dealkylation sites (N-methyl/N-ethyl adjacent to an activating group) is 1. The highest BCUT2D eigenvalue weighted by molar-refractivity contribution is 5.94. The van der Waals surface area contributed by atoms with Crippen LogP contribution in [0.5, 0.6) is 0 Å². The molecule has 0 aromatic carbocycles. The van der Waals surface area contributed by atoms with E-state index in [9.17, 15) is 9.59 Å². The summed E-state index contributed by atoms with van der Waals surface area (Å²) in [6, 6.07) is -0.805. The fourth-order valence-electron chi connectivity index (χ4n) is 2.91. The maximum absolute atomic E-state index is 11.7. The molecule has 0 unspecified atom stereocenters. The van der Waals surface area contributed by atoms with E-state index < -0.39 is 6.03 Å². The molecule has 1 aliphatic carbocycles. The summed E-state index contributed by atoms with van der Waals surface area (Å²) in [5.74, 6) is 0.360.